The highest BCUT2D eigenvalue weighted by Gasteiger charge is 2.05. The zero-order chi connectivity index (χ0) is 13.9. The molecule has 0 heterocycles. The van der Waals surface area contributed by atoms with Crippen LogP contribution in [-0.4, -0.2) is 24.1 Å². The normalized spacial score (nSPS) is 10.4. The van der Waals surface area contributed by atoms with Crippen LogP contribution in [0.1, 0.15) is 55.8 Å². The van der Waals surface area contributed by atoms with Crippen molar-refractivity contribution in [1.82, 2.24) is 0 Å². The largest absolute Gasteiger partial charge is 0.491 e. The summed E-state index contributed by atoms with van der Waals surface area (Å²) >= 11 is 0. The Hall–Kier alpha value is -1.35. The van der Waals surface area contributed by atoms with Crippen LogP contribution in [0.5, 0.6) is 5.75 Å². The second-order valence-electron chi connectivity index (χ2n) is 4.68. The van der Waals surface area contributed by atoms with Crippen LogP contribution in [0.15, 0.2) is 24.3 Å². The SMILES string of the molecule is CCCCCCCC(=O)c1ccc(OCCO)cc1. The van der Waals surface area contributed by atoms with Gasteiger partial charge in [-0.2, -0.15) is 0 Å². The first-order valence-corrected chi connectivity index (χ1v) is 7.15. The van der Waals surface area contributed by atoms with E-state index in [1.165, 1.54) is 19.3 Å². The van der Waals surface area contributed by atoms with E-state index in [9.17, 15) is 4.79 Å². The predicted octanol–water partition coefficient (Wildman–Crippen LogP) is 3.60. The first-order valence-electron chi connectivity index (χ1n) is 7.15. The van der Waals surface area contributed by atoms with Gasteiger partial charge in [0.15, 0.2) is 5.78 Å². The summed E-state index contributed by atoms with van der Waals surface area (Å²) in [6.07, 6.45) is 6.44. The quantitative estimate of drug-likeness (QED) is 0.519. The lowest BCUT2D eigenvalue weighted by molar-refractivity contribution is 0.0979. The lowest BCUT2D eigenvalue weighted by Gasteiger charge is -2.05. The number of ketones is 1. The van der Waals surface area contributed by atoms with Crippen LogP contribution in [0.4, 0.5) is 0 Å². The number of aliphatic hydroxyl groups is 1. The molecule has 0 atom stereocenters. The lowest BCUT2D eigenvalue weighted by Crippen LogP contribution is -2.02. The fourth-order valence-corrected chi connectivity index (χ4v) is 1.93. The number of hydrogen-bond donors (Lipinski definition) is 1. The number of hydrogen-bond acceptors (Lipinski definition) is 3. The second-order valence-corrected chi connectivity index (χ2v) is 4.68. The van der Waals surface area contributed by atoms with Crippen molar-refractivity contribution in [2.45, 2.75) is 45.4 Å². The summed E-state index contributed by atoms with van der Waals surface area (Å²) in [5.41, 5.74) is 0.742. The number of ether oxygens (including phenoxy) is 1. The van der Waals surface area contributed by atoms with E-state index in [0.717, 1.165) is 18.4 Å². The minimum atomic E-state index is -0.00155. The number of carbonyl (C=O) groups excluding carboxylic acids is 1. The molecule has 0 spiro atoms. The van der Waals surface area contributed by atoms with E-state index >= 15 is 0 Å². The average molecular weight is 264 g/mol. The molecule has 19 heavy (non-hydrogen) atoms. The third kappa shape index (κ3) is 6.39. The van der Waals surface area contributed by atoms with Crippen molar-refractivity contribution in [1.29, 1.82) is 0 Å². The molecule has 3 heteroatoms. The van der Waals surface area contributed by atoms with E-state index < -0.39 is 0 Å². The topological polar surface area (TPSA) is 46.5 Å². The van der Waals surface area contributed by atoms with E-state index in [2.05, 4.69) is 6.92 Å². The standard InChI is InChI=1S/C16H24O3/c1-2-3-4-5-6-7-16(18)14-8-10-15(11-9-14)19-13-12-17/h8-11,17H,2-7,12-13H2,1H3. The first-order chi connectivity index (χ1) is 9.27. The third-order valence-electron chi connectivity index (χ3n) is 3.04. The van der Waals surface area contributed by atoms with Gasteiger partial charge in [0.05, 0.1) is 6.61 Å². The molecule has 0 radical (unpaired) electrons. The Labute approximate surface area is 115 Å². The number of benzene rings is 1. The summed E-state index contributed by atoms with van der Waals surface area (Å²) in [6, 6.07) is 7.14. The number of Topliss-reactive ketones (excluding diaryl/α,β-unsaturated/α-hetero) is 1. The highest BCUT2D eigenvalue weighted by molar-refractivity contribution is 5.96. The zero-order valence-electron chi connectivity index (χ0n) is 11.7. The molecule has 106 valence electrons. The van der Waals surface area contributed by atoms with Gasteiger partial charge in [-0.25, -0.2) is 0 Å². The molecule has 0 amide bonds. The molecule has 0 unspecified atom stereocenters. The minimum absolute atomic E-state index is 0.00155. The average Bonchev–Trinajstić information content (AvgIpc) is 2.45. The molecule has 0 aliphatic heterocycles. The Morgan fingerprint density at radius 2 is 1.79 bits per heavy atom. The summed E-state index contributed by atoms with van der Waals surface area (Å²) in [7, 11) is 0. The van der Waals surface area contributed by atoms with Crippen molar-refractivity contribution in [3.63, 3.8) is 0 Å². The van der Waals surface area contributed by atoms with E-state index in [-0.39, 0.29) is 19.0 Å². The number of rotatable bonds is 10. The van der Waals surface area contributed by atoms with Gasteiger partial charge in [0.1, 0.15) is 12.4 Å². The van der Waals surface area contributed by atoms with Gasteiger partial charge in [-0.1, -0.05) is 32.6 Å². The summed E-state index contributed by atoms with van der Waals surface area (Å²) in [5.74, 6) is 0.888. The van der Waals surface area contributed by atoms with Crippen LogP contribution in [0, 0.1) is 0 Å². The Bertz CT molecular complexity index is 357. The maximum Gasteiger partial charge on any atom is 0.162 e. The van der Waals surface area contributed by atoms with Crippen LogP contribution < -0.4 is 4.74 Å². The Balaban J connectivity index is 2.32. The second kappa shape index (κ2) is 9.56. The fourth-order valence-electron chi connectivity index (χ4n) is 1.93. The number of unbranched alkanes of at least 4 members (excludes halogenated alkanes) is 4. The van der Waals surface area contributed by atoms with E-state index in [1.807, 2.05) is 0 Å². The van der Waals surface area contributed by atoms with Crippen LogP contribution in [-0.2, 0) is 0 Å². The van der Waals surface area contributed by atoms with Crippen molar-refractivity contribution < 1.29 is 14.6 Å². The zero-order valence-corrected chi connectivity index (χ0v) is 11.7. The molecule has 1 aromatic rings. The van der Waals surface area contributed by atoms with Gasteiger partial charge < -0.3 is 9.84 Å². The monoisotopic (exact) mass is 264 g/mol. The van der Waals surface area contributed by atoms with Crippen molar-refractivity contribution in [2.24, 2.45) is 0 Å². The van der Waals surface area contributed by atoms with Gasteiger partial charge in [-0.05, 0) is 30.7 Å². The minimum Gasteiger partial charge on any atom is -0.491 e. The summed E-state index contributed by atoms with van der Waals surface area (Å²) < 4.78 is 5.25. The van der Waals surface area contributed by atoms with Gasteiger partial charge in [0, 0.05) is 12.0 Å². The molecule has 0 aliphatic carbocycles. The van der Waals surface area contributed by atoms with Gasteiger partial charge in [-0.3, -0.25) is 4.79 Å². The highest BCUT2D eigenvalue weighted by Crippen LogP contribution is 2.15. The molecule has 0 bridgehead atoms. The van der Waals surface area contributed by atoms with Gasteiger partial charge in [0.2, 0.25) is 0 Å². The van der Waals surface area contributed by atoms with Crippen molar-refractivity contribution >= 4 is 5.78 Å². The predicted molar refractivity (Wildman–Crippen MR) is 76.7 cm³/mol. The molecule has 0 aliphatic rings. The van der Waals surface area contributed by atoms with Crippen LogP contribution in [0.3, 0.4) is 0 Å². The molecular weight excluding hydrogens is 240 g/mol. The fraction of sp³-hybridized carbons (Fsp3) is 0.562. The third-order valence-corrected chi connectivity index (χ3v) is 3.04. The van der Waals surface area contributed by atoms with Crippen LogP contribution >= 0.6 is 0 Å². The van der Waals surface area contributed by atoms with Crippen molar-refractivity contribution in [3.05, 3.63) is 29.8 Å². The smallest absolute Gasteiger partial charge is 0.162 e. The molecule has 1 rings (SSSR count). The molecule has 3 nitrogen and oxygen atoms in total. The number of carbonyl (C=O) groups is 1. The van der Waals surface area contributed by atoms with Crippen LogP contribution in [0.25, 0.3) is 0 Å². The van der Waals surface area contributed by atoms with Crippen LogP contribution in [0.2, 0.25) is 0 Å². The van der Waals surface area contributed by atoms with E-state index in [4.69, 9.17) is 9.84 Å². The summed E-state index contributed by atoms with van der Waals surface area (Å²) in [6.45, 7) is 2.47. The molecule has 0 aromatic heterocycles. The summed E-state index contributed by atoms with van der Waals surface area (Å²) in [5, 5.41) is 8.65. The first kappa shape index (κ1) is 15.7. The molecule has 0 saturated carbocycles. The number of aliphatic hydroxyl groups excluding tert-OH is 1. The molecular formula is C16H24O3. The van der Waals surface area contributed by atoms with Gasteiger partial charge >= 0.3 is 0 Å². The molecule has 0 saturated heterocycles. The highest BCUT2D eigenvalue weighted by atomic mass is 16.5. The van der Waals surface area contributed by atoms with Gasteiger partial charge in [-0.15, -0.1) is 0 Å². The maximum atomic E-state index is 11.9. The molecule has 1 aromatic carbocycles. The van der Waals surface area contributed by atoms with E-state index in [0.29, 0.717) is 12.2 Å². The van der Waals surface area contributed by atoms with Crippen molar-refractivity contribution in [2.75, 3.05) is 13.2 Å². The molecule has 1 N–H and O–H groups in total. The van der Waals surface area contributed by atoms with Gasteiger partial charge in [0.25, 0.3) is 0 Å². The summed E-state index contributed by atoms with van der Waals surface area (Å²) in [4.78, 5) is 11.9. The lowest BCUT2D eigenvalue weighted by atomic mass is 10.0. The Morgan fingerprint density at radius 3 is 2.42 bits per heavy atom. The van der Waals surface area contributed by atoms with Crippen molar-refractivity contribution in [3.8, 4) is 5.75 Å². The Morgan fingerprint density at radius 1 is 1.11 bits per heavy atom. The maximum absolute atomic E-state index is 11.9. The Kier molecular flexibility index (Phi) is 7.91. The molecule has 0 fully saturated rings. The van der Waals surface area contributed by atoms with E-state index in [1.54, 1.807) is 24.3 Å².